The van der Waals surface area contributed by atoms with Crippen LogP contribution >= 0.6 is 0 Å². The van der Waals surface area contributed by atoms with Crippen LogP contribution in [0, 0.1) is 12.8 Å². The summed E-state index contributed by atoms with van der Waals surface area (Å²) in [5.41, 5.74) is 6.98. The normalized spacial score (nSPS) is 21.5. The van der Waals surface area contributed by atoms with E-state index in [1.165, 1.54) is 24.2 Å². The SMILES string of the molecule is Cc1cc2c(o1)CC(CCN)CC2. The predicted molar refractivity (Wildman–Crippen MR) is 52.6 cm³/mol. The predicted octanol–water partition coefficient (Wildman–Crippen LogP) is 2.04. The fraction of sp³-hybridized carbons (Fsp3) is 0.636. The first-order valence-corrected chi connectivity index (χ1v) is 5.08. The van der Waals surface area contributed by atoms with Crippen molar-refractivity contribution in [1.29, 1.82) is 0 Å². The summed E-state index contributed by atoms with van der Waals surface area (Å²) in [6, 6.07) is 2.17. The number of furan rings is 1. The molecule has 13 heavy (non-hydrogen) atoms. The van der Waals surface area contributed by atoms with Crippen molar-refractivity contribution >= 4 is 0 Å². The Morgan fingerprint density at radius 3 is 3.23 bits per heavy atom. The zero-order valence-corrected chi connectivity index (χ0v) is 8.18. The average Bonchev–Trinajstić information content (AvgIpc) is 2.44. The van der Waals surface area contributed by atoms with Gasteiger partial charge in [-0.2, -0.15) is 0 Å². The quantitative estimate of drug-likeness (QED) is 0.754. The Hall–Kier alpha value is -0.760. The fourth-order valence-corrected chi connectivity index (χ4v) is 2.21. The number of aryl methyl sites for hydroxylation is 2. The lowest BCUT2D eigenvalue weighted by Gasteiger charge is -2.19. The second kappa shape index (κ2) is 3.54. The third kappa shape index (κ3) is 1.78. The first-order valence-electron chi connectivity index (χ1n) is 5.08. The zero-order valence-electron chi connectivity index (χ0n) is 8.18. The lowest BCUT2D eigenvalue weighted by molar-refractivity contribution is 0.370. The first kappa shape index (κ1) is 8.82. The van der Waals surface area contributed by atoms with Crippen LogP contribution in [0.25, 0.3) is 0 Å². The molecule has 2 nitrogen and oxygen atoms in total. The Labute approximate surface area is 79.1 Å². The molecule has 1 unspecified atom stereocenters. The molecule has 1 atom stereocenters. The molecule has 0 aliphatic heterocycles. The molecule has 1 heterocycles. The average molecular weight is 179 g/mol. The van der Waals surface area contributed by atoms with Crippen LogP contribution in [0.3, 0.4) is 0 Å². The lowest BCUT2D eigenvalue weighted by atomic mass is 9.86. The van der Waals surface area contributed by atoms with Crippen LogP contribution < -0.4 is 5.73 Å². The largest absolute Gasteiger partial charge is 0.466 e. The van der Waals surface area contributed by atoms with E-state index in [1.54, 1.807) is 0 Å². The van der Waals surface area contributed by atoms with Crippen LogP contribution in [0.2, 0.25) is 0 Å². The molecule has 2 N–H and O–H groups in total. The van der Waals surface area contributed by atoms with Crippen molar-refractivity contribution in [2.24, 2.45) is 11.7 Å². The molecule has 0 amide bonds. The van der Waals surface area contributed by atoms with Gasteiger partial charge >= 0.3 is 0 Å². The smallest absolute Gasteiger partial charge is 0.107 e. The van der Waals surface area contributed by atoms with E-state index >= 15 is 0 Å². The molecule has 0 saturated heterocycles. The Balaban J connectivity index is 2.10. The van der Waals surface area contributed by atoms with E-state index < -0.39 is 0 Å². The Bertz CT molecular complexity index is 290. The third-order valence-corrected chi connectivity index (χ3v) is 2.89. The molecule has 0 saturated carbocycles. The first-order chi connectivity index (χ1) is 6.29. The summed E-state index contributed by atoms with van der Waals surface area (Å²) < 4.78 is 5.64. The maximum atomic E-state index is 5.64. The van der Waals surface area contributed by atoms with E-state index in [-0.39, 0.29) is 0 Å². The summed E-state index contributed by atoms with van der Waals surface area (Å²) in [6.45, 7) is 2.83. The van der Waals surface area contributed by atoms with E-state index in [0.717, 1.165) is 31.1 Å². The van der Waals surface area contributed by atoms with Crippen molar-refractivity contribution in [3.8, 4) is 0 Å². The van der Waals surface area contributed by atoms with Crippen molar-refractivity contribution in [3.05, 3.63) is 23.2 Å². The van der Waals surface area contributed by atoms with Crippen molar-refractivity contribution in [1.82, 2.24) is 0 Å². The van der Waals surface area contributed by atoms with Gasteiger partial charge in [-0.05, 0) is 50.3 Å². The van der Waals surface area contributed by atoms with Gasteiger partial charge in [0.25, 0.3) is 0 Å². The van der Waals surface area contributed by atoms with Crippen molar-refractivity contribution < 1.29 is 4.42 Å². The van der Waals surface area contributed by atoms with Gasteiger partial charge in [0, 0.05) is 6.42 Å². The van der Waals surface area contributed by atoms with Gasteiger partial charge in [0.05, 0.1) is 0 Å². The van der Waals surface area contributed by atoms with Crippen LogP contribution in [-0.4, -0.2) is 6.54 Å². The van der Waals surface area contributed by atoms with E-state index in [1.807, 2.05) is 6.92 Å². The molecule has 72 valence electrons. The van der Waals surface area contributed by atoms with Gasteiger partial charge in [0.2, 0.25) is 0 Å². The highest BCUT2D eigenvalue weighted by Crippen LogP contribution is 2.29. The molecule has 2 rings (SSSR count). The highest BCUT2D eigenvalue weighted by Gasteiger charge is 2.21. The van der Waals surface area contributed by atoms with E-state index in [0.29, 0.717) is 0 Å². The van der Waals surface area contributed by atoms with E-state index in [4.69, 9.17) is 10.2 Å². The Morgan fingerprint density at radius 2 is 2.46 bits per heavy atom. The van der Waals surface area contributed by atoms with E-state index in [9.17, 15) is 0 Å². The van der Waals surface area contributed by atoms with Gasteiger partial charge < -0.3 is 10.2 Å². The number of fused-ring (bicyclic) bond motifs is 1. The Kier molecular flexibility index (Phi) is 2.40. The minimum Gasteiger partial charge on any atom is -0.466 e. The second-order valence-corrected chi connectivity index (χ2v) is 3.99. The van der Waals surface area contributed by atoms with Crippen molar-refractivity contribution in [2.45, 2.75) is 32.6 Å². The molecule has 2 heteroatoms. The molecular weight excluding hydrogens is 162 g/mol. The number of hydrogen-bond acceptors (Lipinski definition) is 2. The van der Waals surface area contributed by atoms with Crippen molar-refractivity contribution in [2.75, 3.05) is 6.54 Å². The van der Waals surface area contributed by atoms with Gasteiger partial charge in [-0.3, -0.25) is 0 Å². The minimum absolute atomic E-state index is 0.753. The summed E-state index contributed by atoms with van der Waals surface area (Å²) in [6.07, 6.45) is 4.69. The molecule has 1 aliphatic carbocycles. The van der Waals surface area contributed by atoms with Crippen molar-refractivity contribution in [3.63, 3.8) is 0 Å². The van der Waals surface area contributed by atoms with Crippen LogP contribution in [0.5, 0.6) is 0 Å². The van der Waals surface area contributed by atoms with Crippen LogP contribution in [0.4, 0.5) is 0 Å². The molecule has 0 bridgehead atoms. The molecule has 0 aromatic carbocycles. The van der Waals surface area contributed by atoms with Crippen LogP contribution in [0.15, 0.2) is 10.5 Å². The Morgan fingerprint density at radius 1 is 1.62 bits per heavy atom. The minimum atomic E-state index is 0.753. The molecule has 1 aromatic heterocycles. The van der Waals surface area contributed by atoms with Gasteiger partial charge in [-0.1, -0.05) is 0 Å². The van der Waals surface area contributed by atoms with Crippen LogP contribution in [0.1, 0.15) is 29.9 Å². The van der Waals surface area contributed by atoms with Crippen LogP contribution in [-0.2, 0) is 12.8 Å². The molecule has 0 fully saturated rings. The topological polar surface area (TPSA) is 39.2 Å². The summed E-state index contributed by atoms with van der Waals surface area (Å²) in [7, 11) is 0. The molecular formula is C11H17NO. The van der Waals surface area contributed by atoms with E-state index in [2.05, 4.69) is 6.07 Å². The number of hydrogen-bond donors (Lipinski definition) is 1. The lowest BCUT2D eigenvalue weighted by Crippen LogP contribution is -2.16. The molecule has 0 spiro atoms. The number of rotatable bonds is 2. The maximum Gasteiger partial charge on any atom is 0.107 e. The molecule has 1 aromatic rings. The molecule has 0 radical (unpaired) electrons. The highest BCUT2D eigenvalue weighted by molar-refractivity contribution is 5.24. The zero-order chi connectivity index (χ0) is 9.26. The maximum absolute atomic E-state index is 5.64. The number of nitrogens with two attached hydrogens (primary N) is 1. The van der Waals surface area contributed by atoms with Gasteiger partial charge in [-0.15, -0.1) is 0 Å². The third-order valence-electron chi connectivity index (χ3n) is 2.89. The summed E-state index contributed by atoms with van der Waals surface area (Å²) in [4.78, 5) is 0. The summed E-state index contributed by atoms with van der Waals surface area (Å²) in [5.74, 6) is 3.02. The van der Waals surface area contributed by atoms with Gasteiger partial charge in [0.15, 0.2) is 0 Å². The summed E-state index contributed by atoms with van der Waals surface area (Å²) in [5, 5.41) is 0. The standard InChI is InChI=1S/C11H17NO/c1-8-6-10-3-2-9(4-5-12)7-11(10)13-8/h6,9H,2-5,7,12H2,1H3. The van der Waals surface area contributed by atoms with Gasteiger partial charge in [-0.25, -0.2) is 0 Å². The molecule has 1 aliphatic rings. The summed E-state index contributed by atoms with van der Waals surface area (Å²) >= 11 is 0. The van der Waals surface area contributed by atoms with Gasteiger partial charge in [0.1, 0.15) is 11.5 Å². The highest BCUT2D eigenvalue weighted by atomic mass is 16.3. The monoisotopic (exact) mass is 179 g/mol. The fourth-order valence-electron chi connectivity index (χ4n) is 2.21. The second-order valence-electron chi connectivity index (χ2n) is 3.99.